The van der Waals surface area contributed by atoms with Gasteiger partial charge >= 0.3 is 0 Å². The SMILES string of the molecule is CCCCCCCCC/C=C\CCCCCCCCCC(=O)NC(COC1OC(CO)C(O)C(O)C1O)C(O)CCCCC. The van der Waals surface area contributed by atoms with Crippen LogP contribution in [0.4, 0.5) is 0 Å². The van der Waals surface area contributed by atoms with E-state index in [4.69, 9.17) is 9.47 Å². The van der Waals surface area contributed by atoms with Gasteiger partial charge in [-0.1, -0.05) is 116 Å². The van der Waals surface area contributed by atoms with E-state index in [1.807, 2.05) is 0 Å². The molecule has 1 aliphatic heterocycles. The Morgan fingerprint density at radius 2 is 1.27 bits per heavy atom. The van der Waals surface area contributed by atoms with Crippen LogP contribution >= 0.6 is 0 Å². The summed E-state index contributed by atoms with van der Waals surface area (Å²) in [5.41, 5.74) is 0. The van der Waals surface area contributed by atoms with Crippen LogP contribution in [-0.4, -0.2) is 87.5 Å². The van der Waals surface area contributed by atoms with E-state index >= 15 is 0 Å². The van der Waals surface area contributed by atoms with Crippen molar-refractivity contribution in [2.24, 2.45) is 0 Å². The van der Waals surface area contributed by atoms with Crippen LogP contribution in [0, 0.1) is 0 Å². The summed E-state index contributed by atoms with van der Waals surface area (Å²) in [6.07, 6.45) is 20.2. The number of carbonyl (C=O) groups excluding carboxylic acids is 1. The highest BCUT2D eigenvalue weighted by atomic mass is 16.7. The lowest BCUT2D eigenvalue weighted by atomic mass is 9.99. The summed E-state index contributed by atoms with van der Waals surface area (Å²) in [5, 5.41) is 53.3. The van der Waals surface area contributed by atoms with Gasteiger partial charge in [-0.3, -0.25) is 4.79 Å². The molecule has 6 N–H and O–H groups in total. The van der Waals surface area contributed by atoms with E-state index in [1.54, 1.807) is 0 Å². The van der Waals surface area contributed by atoms with E-state index < -0.39 is 49.5 Å². The summed E-state index contributed by atoms with van der Waals surface area (Å²) in [7, 11) is 0. The van der Waals surface area contributed by atoms with Crippen molar-refractivity contribution in [2.75, 3.05) is 13.2 Å². The van der Waals surface area contributed by atoms with E-state index in [1.165, 1.54) is 83.5 Å². The molecule has 1 rings (SSSR count). The largest absolute Gasteiger partial charge is 0.394 e. The number of amides is 1. The smallest absolute Gasteiger partial charge is 0.220 e. The van der Waals surface area contributed by atoms with Crippen molar-refractivity contribution >= 4 is 5.91 Å². The third-order valence-electron chi connectivity index (χ3n) is 8.62. The maximum absolute atomic E-state index is 12.7. The molecule has 1 heterocycles. The van der Waals surface area contributed by atoms with Crippen molar-refractivity contribution < 1.29 is 39.8 Å². The van der Waals surface area contributed by atoms with Crippen molar-refractivity contribution in [1.82, 2.24) is 5.32 Å². The highest BCUT2D eigenvalue weighted by molar-refractivity contribution is 5.76. The molecule has 7 atom stereocenters. The molecule has 0 aromatic heterocycles. The lowest BCUT2D eigenvalue weighted by Crippen LogP contribution is -2.60. The normalized spacial score (nSPS) is 23.7. The fourth-order valence-electron chi connectivity index (χ4n) is 5.62. The van der Waals surface area contributed by atoms with Crippen LogP contribution < -0.4 is 5.32 Å². The number of ether oxygens (including phenoxy) is 2. The molecule has 1 aliphatic rings. The zero-order valence-electron chi connectivity index (χ0n) is 27.9. The van der Waals surface area contributed by atoms with Gasteiger partial charge in [0.1, 0.15) is 24.4 Å². The number of aliphatic hydroxyl groups is 5. The maximum Gasteiger partial charge on any atom is 0.220 e. The lowest BCUT2D eigenvalue weighted by molar-refractivity contribution is -0.302. The molecule has 9 nitrogen and oxygen atoms in total. The van der Waals surface area contributed by atoms with Crippen molar-refractivity contribution in [3.8, 4) is 0 Å². The third-order valence-corrected chi connectivity index (χ3v) is 8.62. The summed E-state index contributed by atoms with van der Waals surface area (Å²) in [4.78, 5) is 12.7. The Bertz CT molecular complexity index is 706. The molecule has 1 saturated heterocycles. The molecule has 260 valence electrons. The van der Waals surface area contributed by atoms with E-state index in [9.17, 15) is 30.3 Å². The van der Waals surface area contributed by atoms with Crippen molar-refractivity contribution in [1.29, 1.82) is 0 Å². The van der Waals surface area contributed by atoms with Gasteiger partial charge in [0, 0.05) is 6.42 Å². The molecule has 0 spiro atoms. The average Bonchev–Trinajstić information content (AvgIpc) is 3.02. The first-order chi connectivity index (χ1) is 21.3. The third kappa shape index (κ3) is 18.8. The number of hydrogen-bond acceptors (Lipinski definition) is 8. The molecule has 1 fully saturated rings. The molecule has 0 radical (unpaired) electrons. The number of unbranched alkanes of at least 4 members (excludes halogenated alkanes) is 16. The monoisotopic (exact) mass is 629 g/mol. The molecule has 9 heteroatoms. The van der Waals surface area contributed by atoms with Crippen LogP contribution in [0.1, 0.15) is 149 Å². The molecule has 0 aromatic rings. The average molecular weight is 630 g/mol. The quantitative estimate of drug-likeness (QED) is 0.0495. The van der Waals surface area contributed by atoms with Gasteiger partial charge in [-0.15, -0.1) is 0 Å². The summed E-state index contributed by atoms with van der Waals surface area (Å²) >= 11 is 0. The van der Waals surface area contributed by atoms with Crippen LogP contribution in [0.3, 0.4) is 0 Å². The Morgan fingerprint density at radius 1 is 0.750 bits per heavy atom. The topological polar surface area (TPSA) is 149 Å². The zero-order chi connectivity index (χ0) is 32.4. The summed E-state index contributed by atoms with van der Waals surface area (Å²) in [6, 6.07) is -0.712. The zero-order valence-corrected chi connectivity index (χ0v) is 27.9. The van der Waals surface area contributed by atoms with Crippen LogP contribution in [0.25, 0.3) is 0 Å². The van der Waals surface area contributed by atoms with Gasteiger partial charge in [-0.2, -0.15) is 0 Å². The predicted octanol–water partition coefficient (Wildman–Crippen LogP) is 5.44. The highest BCUT2D eigenvalue weighted by Crippen LogP contribution is 2.22. The van der Waals surface area contributed by atoms with Crippen LogP contribution in [0.15, 0.2) is 12.2 Å². The van der Waals surface area contributed by atoms with Gasteiger partial charge in [-0.05, 0) is 38.5 Å². The van der Waals surface area contributed by atoms with Gasteiger partial charge in [0.25, 0.3) is 0 Å². The first kappa shape index (κ1) is 41.0. The van der Waals surface area contributed by atoms with E-state index in [0.717, 1.165) is 38.5 Å². The fraction of sp³-hybridized carbons (Fsp3) is 0.914. The van der Waals surface area contributed by atoms with Gasteiger partial charge < -0.3 is 40.3 Å². The maximum atomic E-state index is 12.7. The molecule has 1 amide bonds. The molecule has 7 unspecified atom stereocenters. The Labute approximate surface area is 267 Å². The second-order valence-electron chi connectivity index (χ2n) is 12.7. The van der Waals surface area contributed by atoms with Gasteiger partial charge in [0.15, 0.2) is 6.29 Å². The van der Waals surface area contributed by atoms with E-state index in [2.05, 4.69) is 31.3 Å². The summed E-state index contributed by atoms with van der Waals surface area (Å²) in [5.74, 6) is -0.162. The molecular formula is C35H67NO8. The van der Waals surface area contributed by atoms with Crippen molar-refractivity contribution in [3.63, 3.8) is 0 Å². The van der Waals surface area contributed by atoms with E-state index in [-0.39, 0.29) is 12.5 Å². The molecule has 44 heavy (non-hydrogen) atoms. The Hall–Kier alpha value is -1.07. The number of aliphatic hydroxyl groups excluding tert-OH is 5. The Balaban J connectivity index is 2.23. The van der Waals surface area contributed by atoms with Gasteiger partial charge in [-0.25, -0.2) is 0 Å². The van der Waals surface area contributed by atoms with Crippen LogP contribution in [-0.2, 0) is 14.3 Å². The fourth-order valence-corrected chi connectivity index (χ4v) is 5.62. The molecule has 0 saturated carbocycles. The minimum atomic E-state index is -1.55. The number of hydrogen-bond donors (Lipinski definition) is 6. The molecule has 0 aliphatic carbocycles. The molecule has 0 bridgehead atoms. The van der Waals surface area contributed by atoms with Gasteiger partial charge in [0.05, 0.1) is 25.4 Å². The second-order valence-corrected chi connectivity index (χ2v) is 12.7. The highest BCUT2D eigenvalue weighted by Gasteiger charge is 2.44. The molecule has 0 aromatic carbocycles. The second kappa shape index (κ2) is 27.1. The standard InChI is InChI=1S/C35H67NO8/c1-3-5-7-8-9-10-11-12-13-14-15-16-17-18-19-20-21-23-25-31(39)36-28(29(38)24-22-6-4-2)27-43-35-34(42)33(41)32(40)30(26-37)44-35/h13-14,28-30,32-35,37-38,40-42H,3-12,15-27H2,1-2H3,(H,36,39)/b14-13-. The number of nitrogens with one attached hydrogen (secondary N) is 1. The summed E-state index contributed by atoms with van der Waals surface area (Å²) < 4.78 is 11.0. The number of allylic oxidation sites excluding steroid dienone is 2. The minimum absolute atomic E-state index is 0.143. The minimum Gasteiger partial charge on any atom is -0.394 e. The number of carbonyl (C=O) groups is 1. The van der Waals surface area contributed by atoms with Crippen LogP contribution in [0.2, 0.25) is 0 Å². The first-order valence-electron chi connectivity index (χ1n) is 17.9. The molecular weight excluding hydrogens is 562 g/mol. The van der Waals surface area contributed by atoms with Gasteiger partial charge in [0.2, 0.25) is 5.91 Å². The number of rotatable bonds is 28. The summed E-state index contributed by atoms with van der Waals surface area (Å²) in [6.45, 7) is 3.64. The van der Waals surface area contributed by atoms with Crippen LogP contribution in [0.5, 0.6) is 0 Å². The predicted molar refractivity (Wildman–Crippen MR) is 175 cm³/mol. The Kier molecular flexibility index (Phi) is 25.2. The van der Waals surface area contributed by atoms with Crippen molar-refractivity contribution in [2.45, 2.75) is 192 Å². The van der Waals surface area contributed by atoms with E-state index in [0.29, 0.717) is 12.8 Å². The Morgan fingerprint density at radius 3 is 1.84 bits per heavy atom. The lowest BCUT2D eigenvalue weighted by Gasteiger charge is -2.40. The first-order valence-corrected chi connectivity index (χ1v) is 17.9. The van der Waals surface area contributed by atoms with Crippen molar-refractivity contribution in [3.05, 3.63) is 12.2 Å².